The third kappa shape index (κ3) is 3.93. The van der Waals surface area contributed by atoms with Crippen LogP contribution in [-0.2, 0) is 4.74 Å². The molecule has 1 aromatic rings. The highest BCUT2D eigenvalue weighted by atomic mass is 32.1. The minimum absolute atomic E-state index is 0.138. The van der Waals surface area contributed by atoms with Crippen molar-refractivity contribution in [3.05, 3.63) is 10.4 Å². The average molecular weight is 285 g/mol. The quantitative estimate of drug-likeness (QED) is 0.519. The van der Waals surface area contributed by atoms with Crippen LogP contribution in [0.1, 0.15) is 40.8 Å². The number of carbonyl (C=O) groups is 2. The van der Waals surface area contributed by atoms with Crippen molar-refractivity contribution in [3.63, 3.8) is 0 Å². The first-order valence-electron chi connectivity index (χ1n) is 5.93. The molecular weight excluding hydrogens is 266 g/mol. The number of rotatable bonds is 7. The van der Waals surface area contributed by atoms with Gasteiger partial charge in [0.15, 0.2) is 5.78 Å². The zero-order valence-electron chi connectivity index (χ0n) is 11.3. The fourth-order valence-electron chi connectivity index (χ4n) is 1.53. The van der Waals surface area contributed by atoms with Crippen molar-refractivity contribution < 1.29 is 14.3 Å². The van der Waals surface area contributed by atoms with E-state index in [0.717, 1.165) is 11.3 Å². The van der Waals surface area contributed by atoms with Gasteiger partial charge in [-0.3, -0.25) is 9.59 Å². The second-order valence-corrected chi connectivity index (χ2v) is 5.34. The zero-order valence-corrected chi connectivity index (χ0v) is 12.1. The Morgan fingerprint density at radius 2 is 2.05 bits per heavy atom. The number of Topliss-reactive ketones (excluding diaryl/α,β-unsaturated/α-hetero) is 1. The molecule has 7 heteroatoms. The Kier molecular flexibility index (Phi) is 5.31. The van der Waals surface area contributed by atoms with Crippen LogP contribution in [0, 0.1) is 0 Å². The first-order chi connectivity index (χ1) is 8.84. The molecule has 0 aromatic carbocycles. The first-order valence-corrected chi connectivity index (χ1v) is 6.74. The smallest absolute Gasteiger partial charge is 0.253 e. The number of ketones is 1. The van der Waals surface area contributed by atoms with Crippen molar-refractivity contribution >= 4 is 33.7 Å². The van der Waals surface area contributed by atoms with Gasteiger partial charge in [-0.15, -0.1) is 11.3 Å². The summed E-state index contributed by atoms with van der Waals surface area (Å²) in [4.78, 5) is 23.1. The molecular formula is C12H19N3O3S. The molecule has 0 saturated heterocycles. The molecule has 19 heavy (non-hydrogen) atoms. The van der Waals surface area contributed by atoms with Crippen LogP contribution in [0.2, 0.25) is 0 Å². The van der Waals surface area contributed by atoms with E-state index in [9.17, 15) is 9.59 Å². The van der Waals surface area contributed by atoms with Gasteiger partial charge in [-0.2, -0.15) is 0 Å². The molecule has 106 valence electrons. The fraction of sp³-hybridized carbons (Fsp3) is 0.500. The Labute approximate surface area is 116 Å². The minimum atomic E-state index is -0.645. The number of amides is 1. The molecule has 1 amide bonds. The van der Waals surface area contributed by atoms with Gasteiger partial charge in [-0.25, -0.2) is 0 Å². The molecule has 0 atom stereocenters. The minimum Gasteiger partial charge on any atom is -0.397 e. The Hall–Kier alpha value is -1.60. The standard InChI is InChI=1S/C12H19N3O3S/c1-6(2)18-5-4-15-12-8(11(14)17)9(13)10(19-12)7(3)16/h6,15H,4-5,13H2,1-3H3,(H2,14,17). The SMILES string of the molecule is CC(=O)c1sc(NCCOC(C)C)c(C(N)=O)c1N. The van der Waals surface area contributed by atoms with Crippen molar-refractivity contribution in [1.29, 1.82) is 0 Å². The number of thiophene rings is 1. The lowest BCUT2D eigenvalue weighted by Gasteiger charge is -2.09. The summed E-state index contributed by atoms with van der Waals surface area (Å²) in [5, 5.41) is 3.54. The largest absolute Gasteiger partial charge is 0.397 e. The van der Waals surface area contributed by atoms with Crippen LogP contribution in [-0.4, -0.2) is 30.9 Å². The molecule has 5 N–H and O–H groups in total. The van der Waals surface area contributed by atoms with Crippen molar-refractivity contribution in [2.24, 2.45) is 5.73 Å². The van der Waals surface area contributed by atoms with Crippen molar-refractivity contribution in [3.8, 4) is 0 Å². The molecule has 1 rings (SSSR count). The number of ether oxygens (including phenoxy) is 1. The van der Waals surface area contributed by atoms with Crippen molar-refractivity contribution in [2.75, 3.05) is 24.2 Å². The molecule has 0 aliphatic heterocycles. The number of anilines is 2. The van der Waals surface area contributed by atoms with Crippen LogP contribution >= 0.6 is 11.3 Å². The molecule has 6 nitrogen and oxygen atoms in total. The van der Waals surface area contributed by atoms with E-state index in [1.54, 1.807) is 0 Å². The zero-order chi connectivity index (χ0) is 14.6. The van der Waals surface area contributed by atoms with E-state index >= 15 is 0 Å². The molecule has 0 radical (unpaired) electrons. The number of carbonyl (C=O) groups excluding carboxylic acids is 2. The van der Waals surface area contributed by atoms with Gasteiger partial charge in [0.25, 0.3) is 5.91 Å². The summed E-state index contributed by atoms with van der Waals surface area (Å²) in [5.41, 5.74) is 11.4. The molecule has 0 spiro atoms. The number of hydrogen-bond donors (Lipinski definition) is 3. The summed E-state index contributed by atoms with van der Waals surface area (Å²) in [6.45, 7) is 6.27. The van der Waals surface area contributed by atoms with Crippen molar-refractivity contribution in [1.82, 2.24) is 0 Å². The van der Waals surface area contributed by atoms with Crippen LogP contribution in [0.15, 0.2) is 0 Å². The van der Waals surface area contributed by atoms with Crippen LogP contribution in [0.4, 0.5) is 10.7 Å². The summed E-state index contributed by atoms with van der Waals surface area (Å²) in [7, 11) is 0. The maximum absolute atomic E-state index is 11.4. The monoisotopic (exact) mass is 285 g/mol. The lowest BCUT2D eigenvalue weighted by molar-refractivity contribution is 0.0870. The Morgan fingerprint density at radius 3 is 2.53 bits per heavy atom. The summed E-state index contributed by atoms with van der Waals surface area (Å²) in [6, 6.07) is 0. The Bertz CT molecular complexity index is 483. The van der Waals surface area contributed by atoms with Crippen molar-refractivity contribution in [2.45, 2.75) is 26.9 Å². The second kappa shape index (κ2) is 6.53. The predicted molar refractivity (Wildman–Crippen MR) is 76.8 cm³/mol. The van der Waals surface area contributed by atoms with Gasteiger partial charge in [-0.1, -0.05) is 0 Å². The lowest BCUT2D eigenvalue weighted by Crippen LogP contribution is -2.17. The van der Waals surface area contributed by atoms with E-state index in [1.165, 1.54) is 6.92 Å². The Balaban J connectivity index is 2.84. The van der Waals surface area contributed by atoms with Crippen LogP contribution in [0.3, 0.4) is 0 Å². The predicted octanol–water partition coefficient (Wildman–Crippen LogP) is 1.47. The molecule has 0 aliphatic carbocycles. The van der Waals surface area contributed by atoms with Crippen LogP contribution < -0.4 is 16.8 Å². The summed E-state index contributed by atoms with van der Waals surface area (Å²) in [5.74, 6) is -0.829. The second-order valence-electron chi connectivity index (χ2n) is 4.32. The van der Waals surface area contributed by atoms with E-state index in [2.05, 4.69) is 5.32 Å². The Morgan fingerprint density at radius 1 is 1.42 bits per heavy atom. The summed E-state index contributed by atoms with van der Waals surface area (Å²) in [6.07, 6.45) is 0.138. The molecule has 1 heterocycles. The summed E-state index contributed by atoms with van der Waals surface area (Å²) < 4.78 is 5.38. The number of primary amides is 1. The van der Waals surface area contributed by atoms with Gasteiger partial charge in [0.2, 0.25) is 0 Å². The van der Waals surface area contributed by atoms with E-state index < -0.39 is 5.91 Å². The number of nitrogens with two attached hydrogens (primary N) is 2. The maximum atomic E-state index is 11.4. The highest BCUT2D eigenvalue weighted by Crippen LogP contribution is 2.35. The number of nitrogens with one attached hydrogen (secondary N) is 1. The van der Waals surface area contributed by atoms with Gasteiger partial charge in [0.05, 0.1) is 28.8 Å². The van der Waals surface area contributed by atoms with E-state index in [4.69, 9.17) is 16.2 Å². The maximum Gasteiger partial charge on any atom is 0.253 e. The van der Waals surface area contributed by atoms with E-state index in [-0.39, 0.29) is 23.1 Å². The molecule has 0 unspecified atom stereocenters. The third-order valence-electron chi connectivity index (χ3n) is 2.35. The molecule has 1 aromatic heterocycles. The normalized spacial score (nSPS) is 10.7. The topological polar surface area (TPSA) is 107 Å². The fourth-order valence-corrected chi connectivity index (χ4v) is 2.58. The molecule has 0 bridgehead atoms. The lowest BCUT2D eigenvalue weighted by atomic mass is 10.2. The third-order valence-corrected chi connectivity index (χ3v) is 3.61. The number of hydrogen-bond acceptors (Lipinski definition) is 6. The van der Waals surface area contributed by atoms with Gasteiger partial charge in [-0.05, 0) is 13.8 Å². The highest BCUT2D eigenvalue weighted by Gasteiger charge is 2.22. The number of nitrogen functional groups attached to an aromatic ring is 1. The van der Waals surface area contributed by atoms with Crippen LogP contribution in [0.5, 0.6) is 0 Å². The average Bonchev–Trinajstić information content (AvgIpc) is 2.61. The molecule has 0 fully saturated rings. The molecule has 0 aliphatic rings. The van der Waals surface area contributed by atoms with Gasteiger partial charge < -0.3 is 21.5 Å². The molecule has 0 saturated carbocycles. The van der Waals surface area contributed by atoms with Gasteiger partial charge >= 0.3 is 0 Å². The van der Waals surface area contributed by atoms with Gasteiger partial charge in [0.1, 0.15) is 5.00 Å². The summed E-state index contributed by atoms with van der Waals surface area (Å²) >= 11 is 1.14. The van der Waals surface area contributed by atoms with Crippen LogP contribution in [0.25, 0.3) is 0 Å². The van der Waals surface area contributed by atoms with Gasteiger partial charge in [0, 0.05) is 13.5 Å². The first kappa shape index (κ1) is 15.5. The van der Waals surface area contributed by atoms with E-state index in [1.807, 2.05) is 13.8 Å². The highest BCUT2D eigenvalue weighted by molar-refractivity contribution is 7.19. The van der Waals surface area contributed by atoms with E-state index in [0.29, 0.717) is 23.0 Å².